The Morgan fingerprint density at radius 3 is 2.78 bits per heavy atom. The molecule has 1 aromatic carbocycles. The summed E-state index contributed by atoms with van der Waals surface area (Å²) in [6.45, 7) is 4.64. The average Bonchev–Trinajstić information content (AvgIpc) is 2.90. The zero-order valence-corrected chi connectivity index (χ0v) is 10.7. The Hall–Kier alpha value is -1.97. The zero-order chi connectivity index (χ0) is 12.6. The van der Waals surface area contributed by atoms with Crippen molar-refractivity contribution in [2.45, 2.75) is 19.9 Å². The van der Waals surface area contributed by atoms with E-state index >= 15 is 0 Å². The molecule has 1 N–H and O–H groups in total. The van der Waals surface area contributed by atoms with Crippen LogP contribution >= 0.6 is 0 Å². The summed E-state index contributed by atoms with van der Waals surface area (Å²) >= 11 is 0. The minimum Gasteiger partial charge on any atom is -0.494 e. The van der Waals surface area contributed by atoms with Crippen LogP contribution < -0.4 is 10.1 Å². The summed E-state index contributed by atoms with van der Waals surface area (Å²) in [5.74, 6) is 0.918. The third kappa shape index (κ3) is 3.80. The van der Waals surface area contributed by atoms with Crippen molar-refractivity contribution in [3.63, 3.8) is 0 Å². The molecule has 0 radical (unpaired) electrons. The van der Waals surface area contributed by atoms with Gasteiger partial charge in [-0.3, -0.25) is 0 Å². The highest BCUT2D eigenvalue weighted by Gasteiger charge is 1.95. The first kappa shape index (κ1) is 12.5. The van der Waals surface area contributed by atoms with Crippen LogP contribution in [0, 0.1) is 0 Å². The standard InChI is InChI=1S/C14H19N3O/c1-2-18-14-6-4-13(5-7-14)16-8-3-10-17-11-9-15-12-17/h4-7,9,11-12,16H,2-3,8,10H2,1H3. The molecule has 2 aromatic rings. The number of benzene rings is 1. The van der Waals surface area contributed by atoms with Crippen molar-refractivity contribution in [1.82, 2.24) is 9.55 Å². The van der Waals surface area contributed by atoms with E-state index in [-0.39, 0.29) is 0 Å². The van der Waals surface area contributed by atoms with Gasteiger partial charge in [0.25, 0.3) is 0 Å². The number of ether oxygens (including phenoxy) is 1. The number of aromatic nitrogens is 2. The molecule has 0 aliphatic heterocycles. The third-order valence-corrected chi connectivity index (χ3v) is 2.65. The largest absolute Gasteiger partial charge is 0.494 e. The Labute approximate surface area is 108 Å². The topological polar surface area (TPSA) is 39.1 Å². The second-order valence-electron chi connectivity index (χ2n) is 4.04. The highest BCUT2D eigenvalue weighted by atomic mass is 16.5. The van der Waals surface area contributed by atoms with Crippen LogP contribution in [0.25, 0.3) is 0 Å². The molecule has 0 amide bonds. The van der Waals surface area contributed by atoms with Crippen LogP contribution in [0.1, 0.15) is 13.3 Å². The SMILES string of the molecule is CCOc1ccc(NCCCn2ccnc2)cc1. The van der Waals surface area contributed by atoms with Crippen LogP contribution in [-0.4, -0.2) is 22.7 Å². The summed E-state index contributed by atoms with van der Waals surface area (Å²) in [7, 11) is 0. The van der Waals surface area contributed by atoms with Gasteiger partial charge in [-0.15, -0.1) is 0 Å². The van der Waals surface area contributed by atoms with Crippen LogP contribution in [0.2, 0.25) is 0 Å². The smallest absolute Gasteiger partial charge is 0.119 e. The van der Waals surface area contributed by atoms with Gasteiger partial charge < -0.3 is 14.6 Å². The van der Waals surface area contributed by atoms with E-state index in [9.17, 15) is 0 Å². The maximum atomic E-state index is 5.40. The monoisotopic (exact) mass is 245 g/mol. The van der Waals surface area contributed by atoms with Crippen molar-refractivity contribution in [2.75, 3.05) is 18.5 Å². The van der Waals surface area contributed by atoms with Gasteiger partial charge in [-0.25, -0.2) is 4.98 Å². The lowest BCUT2D eigenvalue weighted by atomic mass is 10.3. The molecule has 0 bridgehead atoms. The predicted molar refractivity (Wildman–Crippen MR) is 72.9 cm³/mol. The molecule has 0 fully saturated rings. The van der Waals surface area contributed by atoms with Crippen LogP contribution in [0.4, 0.5) is 5.69 Å². The molecule has 2 rings (SSSR count). The molecule has 96 valence electrons. The van der Waals surface area contributed by atoms with Gasteiger partial charge in [-0.1, -0.05) is 0 Å². The fourth-order valence-corrected chi connectivity index (χ4v) is 1.75. The number of nitrogens with one attached hydrogen (secondary N) is 1. The Morgan fingerprint density at radius 1 is 1.28 bits per heavy atom. The van der Waals surface area contributed by atoms with Crippen LogP contribution in [-0.2, 0) is 6.54 Å². The van der Waals surface area contributed by atoms with Crippen molar-refractivity contribution in [1.29, 1.82) is 0 Å². The third-order valence-electron chi connectivity index (χ3n) is 2.65. The molecule has 0 unspecified atom stereocenters. The van der Waals surface area contributed by atoms with Crippen molar-refractivity contribution >= 4 is 5.69 Å². The van der Waals surface area contributed by atoms with E-state index in [1.807, 2.05) is 43.7 Å². The van der Waals surface area contributed by atoms with Gasteiger partial charge in [0.2, 0.25) is 0 Å². The maximum absolute atomic E-state index is 5.40. The lowest BCUT2D eigenvalue weighted by Gasteiger charge is -2.08. The summed E-state index contributed by atoms with van der Waals surface area (Å²) in [5, 5.41) is 3.39. The second-order valence-corrected chi connectivity index (χ2v) is 4.04. The van der Waals surface area contributed by atoms with Gasteiger partial charge in [-0.05, 0) is 37.6 Å². The number of hydrogen-bond donors (Lipinski definition) is 1. The fourth-order valence-electron chi connectivity index (χ4n) is 1.75. The molecule has 0 aliphatic carbocycles. The Morgan fingerprint density at radius 2 is 2.11 bits per heavy atom. The zero-order valence-electron chi connectivity index (χ0n) is 10.7. The Balaban J connectivity index is 1.69. The van der Waals surface area contributed by atoms with E-state index in [1.54, 1.807) is 6.20 Å². The van der Waals surface area contributed by atoms with Crippen molar-refractivity contribution in [3.8, 4) is 5.75 Å². The van der Waals surface area contributed by atoms with Crippen LogP contribution in [0.3, 0.4) is 0 Å². The van der Waals surface area contributed by atoms with Crippen LogP contribution in [0.5, 0.6) is 5.75 Å². The first-order valence-electron chi connectivity index (χ1n) is 6.31. The Kier molecular flexibility index (Phi) is 4.64. The number of anilines is 1. The van der Waals surface area contributed by atoms with E-state index in [0.29, 0.717) is 6.61 Å². The summed E-state index contributed by atoms with van der Waals surface area (Å²) in [5.41, 5.74) is 1.13. The number of imidazole rings is 1. The van der Waals surface area contributed by atoms with E-state index in [2.05, 4.69) is 14.9 Å². The highest BCUT2D eigenvalue weighted by molar-refractivity contribution is 5.46. The normalized spacial score (nSPS) is 10.3. The van der Waals surface area contributed by atoms with E-state index < -0.39 is 0 Å². The van der Waals surface area contributed by atoms with E-state index in [1.165, 1.54) is 0 Å². The van der Waals surface area contributed by atoms with Crippen molar-refractivity contribution < 1.29 is 4.74 Å². The molecule has 0 aliphatic rings. The molecule has 0 saturated carbocycles. The first-order chi connectivity index (χ1) is 8.88. The van der Waals surface area contributed by atoms with Gasteiger partial charge >= 0.3 is 0 Å². The van der Waals surface area contributed by atoms with Gasteiger partial charge in [0.05, 0.1) is 12.9 Å². The summed E-state index contributed by atoms with van der Waals surface area (Å²) in [4.78, 5) is 4.01. The molecule has 1 heterocycles. The fraction of sp³-hybridized carbons (Fsp3) is 0.357. The second kappa shape index (κ2) is 6.69. The lowest BCUT2D eigenvalue weighted by molar-refractivity contribution is 0.340. The minimum atomic E-state index is 0.706. The molecule has 0 saturated heterocycles. The first-order valence-corrected chi connectivity index (χ1v) is 6.31. The average molecular weight is 245 g/mol. The Bertz CT molecular complexity index is 437. The predicted octanol–water partition coefficient (Wildman–Crippen LogP) is 2.78. The summed E-state index contributed by atoms with van der Waals surface area (Å²) < 4.78 is 7.48. The van der Waals surface area contributed by atoms with Gasteiger partial charge in [-0.2, -0.15) is 0 Å². The summed E-state index contributed by atoms with van der Waals surface area (Å²) in [6, 6.07) is 8.06. The molecule has 0 atom stereocenters. The van der Waals surface area contributed by atoms with Crippen molar-refractivity contribution in [2.24, 2.45) is 0 Å². The lowest BCUT2D eigenvalue weighted by Crippen LogP contribution is -2.05. The number of hydrogen-bond acceptors (Lipinski definition) is 3. The van der Waals surface area contributed by atoms with E-state index in [0.717, 1.165) is 30.9 Å². The van der Waals surface area contributed by atoms with Gasteiger partial charge in [0.1, 0.15) is 5.75 Å². The molecule has 4 heteroatoms. The van der Waals surface area contributed by atoms with Gasteiger partial charge in [0.15, 0.2) is 0 Å². The van der Waals surface area contributed by atoms with Crippen molar-refractivity contribution in [3.05, 3.63) is 43.0 Å². The molecular weight excluding hydrogens is 226 g/mol. The number of nitrogens with zero attached hydrogens (tertiary/aromatic N) is 2. The molecule has 4 nitrogen and oxygen atoms in total. The van der Waals surface area contributed by atoms with E-state index in [4.69, 9.17) is 4.74 Å². The summed E-state index contributed by atoms with van der Waals surface area (Å²) in [6.07, 6.45) is 6.71. The molecular formula is C14H19N3O. The molecule has 18 heavy (non-hydrogen) atoms. The maximum Gasteiger partial charge on any atom is 0.119 e. The number of rotatable bonds is 7. The quantitative estimate of drug-likeness (QED) is 0.762. The molecule has 0 spiro atoms. The minimum absolute atomic E-state index is 0.706. The highest BCUT2D eigenvalue weighted by Crippen LogP contribution is 2.15. The van der Waals surface area contributed by atoms with Crippen LogP contribution in [0.15, 0.2) is 43.0 Å². The number of aryl methyl sites for hydroxylation is 1. The van der Waals surface area contributed by atoms with Gasteiger partial charge in [0, 0.05) is 31.2 Å². The molecule has 1 aromatic heterocycles.